The molecule has 0 aliphatic carbocycles. The molecule has 2 aromatic heterocycles. The number of carbonyl (C=O) groups excluding carboxylic acids is 1. The second-order valence-electron chi connectivity index (χ2n) is 6.28. The number of thioether (sulfide) groups is 1. The largest absolute Gasteiger partial charge is 0.490 e. The topological polar surface area (TPSA) is 64.4 Å². The van der Waals surface area contributed by atoms with Gasteiger partial charge in [0.1, 0.15) is 5.76 Å². The zero-order valence-corrected chi connectivity index (χ0v) is 17.2. The Hall–Kier alpha value is -2.51. The fourth-order valence-electron chi connectivity index (χ4n) is 2.93. The molecule has 0 radical (unpaired) electrons. The van der Waals surface area contributed by atoms with Crippen LogP contribution in [0.15, 0.2) is 57.3 Å². The zero-order chi connectivity index (χ0) is 19.5. The Morgan fingerprint density at radius 2 is 2.14 bits per heavy atom. The number of hydrogen-bond donors (Lipinski definition) is 1. The third kappa shape index (κ3) is 4.00. The molecule has 0 saturated carbocycles. The van der Waals surface area contributed by atoms with Crippen LogP contribution in [-0.2, 0) is 4.79 Å². The third-order valence-corrected chi connectivity index (χ3v) is 6.41. The summed E-state index contributed by atoms with van der Waals surface area (Å²) >= 11 is 3.05. The Morgan fingerprint density at radius 3 is 2.96 bits per heavy atom. The van der Waals surface area contributed by atoms with Gasteiger partial charge in [-0.25, -0.2) is 4.98 Å². The first kappa shape index (κ1) is 18.8. The van der Waals surface area contributed by atoms with E-state index in [0.29, 0.717) is 23.7 Å². The Labute approximate surface area is 171 Å². The molecule has 1 unspecified atom stereocenters. The van der Waals surface area contributed by atoms with Gasteiger partial charge in [-0.2, -0.15) is 0 Å². The van der Waals surface area contributed by atoms with Crippen LogP contribution in [0.3, 0.4) is 0 Å². The Bertz CT molecular complexity index is 1090. The van der Waals surface area contributed by atoms with Gasteiger partial charge in [-0.1, -0.05) is 36.0 Å². The van der Waals surface area contributed by atoms with Crippen molar-refractivity contribution in [3.05, 3.63) is 54.3 Å². The maximum absolute atomic E-state index is 12.4. The van der Waals surface area contributed by atoms with Crippen LogP contribution < -0.4 is 10.1 Å². The molecule has 5 nitrogen and oxygen atoms in total. The highest BCUT2D eigenvalue weighted by molar-refractivity contribution is 8.01. The van der Waals surface area contributed by atoms with Crippen molar-refractivity contribution in [1.29, 1.82) is 0 Å². The van der Waals surface area contributed by atoms with Crippen LogP contribution in [-0.4, -0.2) is 23.3 Å². The first-order chi connectivity index (χ1) is 13.6. The van der Waals surface area contributed by atoms with Crippen molar-refractivity contribution in [2.75, 3.05) is 12.4 Å². The van der Waals surface area contributed by atoms with Crippen LogP contribution in [0.25, 0.3) is 21.2 Å². The highest BCUT2D eigenvalue weighted by atomic mass is 32.2. The number of rotatable bonds is 7. The maximum atomic E-state index is 12.4. The molecule has 0 aliphatic heterocycles. The number of benzene rings is 2. The van der Waals surface area contributed by atoms with E-state index in [1.54, 1.807) is 11.3 Å². The molecule has 2 aromatic carbocycles. The maximum Gasteiger partial charge on any atom is 0.231 e. The summed E-state index contributed by atoms with van der Waals surface area (Å²) in [6, 6.07) is 15.5. The SMILES string of the molecule is CCOc1cccc2cc(C(C)NC(=O)CSc3nc4ccccc4s3)oc12. The first-order valence-corrected chi connectivity index (χ1v) is 10.9. The number of ether oxygens (including phenoxy) is 1. The van der Waals surface area contributed by atoms with Crippen LogP contribution in [0.1, 0.15) is 25.6 Å². The van der Waals surface area contributed by atoms with Crippen LogP contribution in [0.2, 0.25) is 0 Å². The number of furan rings is 1. The number of fused-ring (bicyclic) bond motifs is 2. The summed E-state index contributed by atoms with van der Waals surface area (Å²) < 4.78 is 13.6. The molecule has 28 heavy (non-hydrogen) atoms. The molecule has 4 rings (SSSR count). The van der Waals surface area contributed by atoms with E-state index in [0.717, 1.165) is 25.7 Å². The van der Waals surface area contributed by atoms with Crippen molar-refractivity contribution < 1.29 is 13.9 Å². The molecule has 1 atom stereocenters. The van der Waals surface area contributed by atoms with E-state index < -0.39 is 0 Å². The summed E-state index contributed by atoms with van der Waals surface area (Å²) in [7, 11) is 0. The number of para-hydroxylation sites is 2. The van der Waals surface area contributed by atoms with Gasteiger partial charge in [0.2, 0.25) is 5.91 Å². The average molecular weight is 413 g/mol. The lowest BCUT2D eigenvalue weighted by Crippen LogP contribution is -2.27. The number of amides is 1. The van der Waals surface area contributed by atoms with Gasteiger partial charge >= 0.3 is 0 Å². The monoisotopic (exact) mass is 412 g/mol. The molecular formula is C21H20N2O3S2. The molecule has 4 aromatic rings. The smallest absolute Gasteiger partial charge is 0.231 e. The number of carbonyl (C=O) groups is 1. The van der Waals surface area contributed by atoms with Crippen LogP contribution in [0.5, 0.6) is 5.75 Å². The molecule has 0 aliphatic rings. The van der Waals surface area contributed by atoms with Crippen molar-refractivity contribution in [1.82, 2.24) is 10.3 Å². The van der Waals surface area contributed by atoms with E-state index in [-0.39, 0.29) is 11.9 Å². The lowest BCUT2D eigenvalue weighted by molar-refractivity contribution is -0.119. The summed E-state index contributed by atoms with van der Waals surface area (Å²) in [5.41, 5.74) is 1.68. The van der Waals surface area contributed by atoms with Gasteiger partial charge in [0, 0.05) is 5.39 Å². The fraction of sp³-hybridized carbons (Fsp3) is 0.238. The summed E-state index contributed by atoms with van der Waals surface area (Å²) in [4.78, 5) is 16.9. The molecule has 1 amide bonds. The fourth-order valence-corrected chi connectivity index (χ4v) is 4.81. The van der Waals surface area contributed by atoms with Crippen molar-refractivity contribution in [2.24, 2.45) is 0 Å². The quantitative estimate of drug-likeness (QED) is 0.411. The summed E-state index contributed by atoms with van der Waals surface area (Å²) in [5.74, 6) is 1.69. The molecule has 0 saturated heterocycles. The second-order valence-corrected chi connectivity index (χ2v) is 8.53. The number of hydrogen-bond acceptors (Lipinski definition) is 6. The van der Waals surface area contributed by atoms with Crippen LogP contribution in [0, 0.1) is 0 Å². The first-order valence-electron chi connectivity index (χ1n) is 9.07. The van der Waals surface area contributed by atoms with Gasteiger partial charge in [-0.3, -0.25) is 4.79 Å². The lowest BCUT2D eigenvalue weighted by atomic mass is 10.2. The second kappa shape index (κ2) is 8.24. The Morgan fingerprint density at radius 1 is 1.29 bits per heavy atom. The van der Waals surface area contributed by atoms with Crippen molar-refractivity contribution in [3.8, 4) is 5.75 Å². The van der Waals surface area contributed by atoms with Gasteiger partial charge in [0.05, 0.1) is 28.6 Å². The molecule has 2 heterocycles. The van der Waals surface area contributed by atoms with E-state index in [2.05, 4.69) is 10.3 Å². The molecule has 0 spiro atoms. The number of nitrogens with one attached hydrogen (secondary N) is 1. The molecule has 7 heteroatoms. The molecule has 1 N–H and O–H groups in total. The van der Waals surface area contributed by atoms with Crippen molar-refractivity contribution in [3.63, 3.8) is 0 Å². The molecule has 0 bridgehead atoms. The summed E-state index contributed by atoms with van der Waals surface area (Å²) in [6.45, 7) is 4.43. The van der Waals surface area contributed by atoms with Gasteiger partial charge in [-0.05, 0) is 38.1 Å². The van der Waals surface area contributed by atoms with Crippen molar-refractivity contribution >= 4 is 50.2 Å². The van der Waals surface area contributed by atoms with Crippen LogP contribution >= 0.6 is 23.1 Å². The van der Waals surface area contributed by atoms with E-state index in [1.165, 1.54) is 11.8 Å². The van der Waals surface area contributed by atoms with Crippen LogP contribution in [0.4, 0.5) is 0 Å². The Balaban J connectivity index is 1.40. The Kier molecular flexibility index (Phi) is 5.54. The summed E-state index contributed by atoms with van der Waals surface area (Å²) in [6.07, 6.45) is 0. The van der Waals surface area contributed by atoms with Gasteiger partial charge in [0.15, 0.2) is 15.7 Å². The van der Waals surface area contributed by atoms with Gasteiger partial charge < -0.3 is 14.5 Å². The number of aromatic nitrogens is 1. The van der Waals surface area contributed by atoms with Gasteiger partial charge in [-0.15, -0.1) is 11.3 Å². The van der Waals surface area contributed by atoms with E-state index >= 15 is 0 Å². The molecule has 0 fully saturated rings. The van der Waals surface area contributed by atoms with E-state index in [1.807, 2.05) is 62.4 Å². The predicted molar refractivity (Wildman–Crippen MR) is 114 cm³/mol. The minimum atomic E-state index is -0.231. The number of nitrogens with zero attached hydrogens (tertiary/aromatic N) is 1. The minimum absolute atomic E-state index is 0.0535. The highest BCUT2D eigenvalue weighted by Gasteiger charge is 2.17. The third-order valence-electron chi connectivity index (χ3n) is 4.23. The normalized spacial score (nSPS) is 12.4. The number of thiazole rings is 1. The van der Waals surface area contributed by atoms with E-state index in [9.17, 15) is 4.79 Å². The van der Waals surface area contributed by atoms with E-state index in [4.69, 9.17) is 9.15 Å². The predicted octanol–water partition coefficient (Wildman–Crippen LogP) is 5.41. The lowest BCUT2D eigenvalue weighted by Gasteiger charge is -2.10. The average Bonchev–Trinajstić information content (AvgIpc) is 3.31. The van der Waals surface area contributed by atoms with Gasteiger partial charge in [0.25, 0.3) is 0 Å². The zero-order valence-electron chi connectivity index (χ0n) is 15.6. The molecular weight excluding hydrogens is 392 g/mol. The highest BCUT2D eigenvalue weighted by Crippen LogP contribution is 2.32. The summed E-state index contributed by atoms with van der Waals surface area (Å²) in [5, 5.41) is 3.96. The van der Waals surface area contributed by atoms with Crippen molar-refractivity contribution in [2.45, 2.75) is 24.2 Å². The standard InChI is InChI=1S/C21H20N2O3S2/c1-3-25-16-9-6-7-14-11-17(26-20(14)16)13(2)22-19(24)12-27-21-23-15-8-4-5-10-18(15)28-21/h4-11,13H,3,12H2,1-2H3,(H,22,24). The minimum Gasteiger partial charge on any atom is -0.490 e. The molecule has 144 valence electrons.